The van der Waals surface area contributed by atoms with Crippen LogP contribution in [0.5, 0.6) is 0 Å². The van der Waals surface area contributed by atoms with Crippen LogP contribution < -0.4 is 0 Å². The molecule has 0 bridgehead atoms. The zero-order valence-electron chi connectivity index (χ0n) is 20.0. The highest BCUT2D eigenvalue weighted by molar-refractivity contribution is 5.71. The topological polar surface area (TPSA) is 115 Å². The normalized spacial score (nSPS) is 11.6. The van der Waals surface area contributed by atoms with Gasteiger partial charge in [-0.05, 0) is 6.42 Å². The van der Waals surface area contributed by atoms with Crippen molar-refractivity contribution in [3.8, 4) is 0 Å². The third-order valence-electron chi connectivity index (χ3n) is 5.45. The maximum absolute atomic E-state index is 10.4. The van der Waals surface area contributed by atoms with E-state index in [0.29, 0.717) is 6.42 Å². The van der Waals surface area contributed by atoms with Gasteiger partial charge in [-0.2, -0.15) is 0 Å². The smallest absolute Gasteiger partial charge is 0.334 e. The van der Waals surface area contributed by atoms with Crippen LogP contribution in [0, 0.1) is 0 Å². The molecule has 0 aromatic heterocycles. The molecule has 6 nitrogen and oxygen atoms in total. The van der Waals surface area contributed by atoms with E-state index in [0.717, 1.165) is 12.8 Å². The summed E-state index contributed by atoms with van der Waals surface area (Å²) in [7, 11) is 0. The molecule has 0 aromatic carbocycles. The minimum Gasteiger partial charge on any atom is -0.481 e. The second-order valence-electron chi connectivity index (χ2n) is 8.54. The molecule has 0 rings (SSSR count). The second-order valence-corrected chi connectivity index (χ2v) is 8.54. The predicted octanol–water partition coefficient (Wildman–Crippen LogP) is 6.32. The van der Waals surface area contributed by atoms with Gasteiger partial charge in [0.2, 0.25) is 0 Å². The van der Waals surface area contributed by atoms with Crippen LogP contribution >= 0.6 is 0 Å². The number of hydrogen-bond donors (Lipinski definition) is 4. The maximum Gasteiger partial charge on any atom is 0.334 e. The van der Waals surface area contributed by atoms with Gasteiger partial charge in [0.1, 0.15) is 0 Å². The maximum atomic E-state index is 10.4. The Morgan fingerprint density at radius 1 is 0.581 bits per heavy atom. The van der Waals surface area contributed by atoms with Crippen molar-refractivity contribution in [2.45, 2.75) is 141 Å². The van der Waals surface area contributed by atoms with Crippen molar-refractivity contribution in [3.05, 3.63) is 0 Å². The van der Waals surface area contributed by atoms with Gasteiger partial charge in [-0.25, -0.2) is 4.79 Å². The number of carboxylic acid groups (broad SMARTS) is 2. The second kappa shape index (κ2) is 26.9. The van der Waals surface area contributed by atoms with Crippen LogP contribution in [0.15, 0.2) is 0 Å². The first kappa shape index (κ1) is 32.0. The Morgan fingerprint density at radius 3 is 1.06 bits per heavy atom. The summed E-state index contributed by atoms with van der Waals surface area (Å²) in [5.41, 5.74) is 0. The van der Waals surface area contributed by atoms with Crippen LogP contribution in [-0.2, 0) is 9.59 Å². The van der Waals surface area contributed by atoms with Gasteiger partial charge in [0.05, 0.1) is 6.61 Å². The van der Waals surface area contributed by atoms with E-state index in [1.54, 1.807) is 0 Å². The molecule has 0 saturated carbocycles. The van der Waals surface area contributed by atoms with Crippen molar-refractivity contribution in [1.82, 2.24) is 0 Å². The third kappa shape index (κ3) is 31.1. The molecule has 0 saturated heterocycles. The van der Waals surface area contributed by atoms with Crippen LogP contribution in [0.1, 0.15) is 135 Å². The molecule has 0 aliphatic carbocycles. The lowest BCUT2D eigenvalue weighted by Gasteiger charge is -2.03. The number of carboxylic acids is 2. The Kier molecular flexibility index (Phi) is 27.8. The lowest BCUT2D eigenvalue weighted by Crippen LogP contribution is -2.22. The van der Waals surface area contributed by atoms with Crippen LogP contribution in [-0.4, -0.2) is 45.1 Å². The van der Waals surface area contributed by atoms with E-state index in [1.807, 2.05) is 0 Å². The Bertz CT molecular complexity index is 386. The van der Waals surface area contributed by atoms with E-state index in [-0.39, 0.29) is 0 Å². The molecule has 0 aromatic rings. The standard InChI is InChI=1S/C22H44O2.C3H6O4/c1-2-3-4-5-6-7-8-9-10-11-12-13-14-15-16-17-18-19-20-21-22(23)24;4-1-2(5)3(6)7/h2-21H2,1H3,(H,23,24);2,4-5H,1H2,(H,6,7). The summed E-state index contributed by atoms with van der Waals surface area (Å²) in [6.45, 7) is 1.56. The Hall–Kier alpha value is -1.14. The molecule has 31 heavy (non-hydrogen) atoms. The van der Waals surface area contributed by atoms with Gasteiger partial charge in [0.25, 0.3) is 0 Å². The Labute approximate surface area is 190 Å². The van der Waals surface area contributed by atoms with E-state index in [9.17, 15) is 9.59 Å². The molecule has 0 aliphatic heterocycles. The highest BCUT2D eigenvalue weighted by atomic mass is 16.4. The predicted molar refractivity (Wildman–Crippen MR) is 126 cm³/mol. The van der Waals surface area contributed by atoms with Gasteiger partial charge in [-0.15, -0.1) is 0 Å². The first-order chi connectivity index (χ1) is 15.0. The van der Waals surface area contributed by atoms with Crippen molar-refractivity contribution in [2.75, 3.05) is 6.61 Å². The largest absolute Gasteiger partial charge is 0.481 e. The minimum atomic E-state index is -1.63. The summed E-state index contributed by atoms with van der Waals surface area (Å²) < 4.78 is 0. The van der Waals surface area contributed by atoms with E-state index >= 15 is 0 Å². The number of unbranched alkanes of at least 4 members (excludes halogenated alkanes) is 18. The first-order valence-electron chi connectivity index (χ1n) is 12.7. The molecular formula is C25H50O6. The summed E-state index contributed by atoms with van der Waals surface area (Å²) in [5, 5.41) is 32.3. The molecule has 0 heterocycles. The quantitative estimate of drug-likeness (QED) is 0.145. The number of carbonyl (C=O) groups is 2. The molecule has 0 fully saturated rings. The van der Waals surface area contributed by atoms with E-state index < -0.39 is 24.6 Å². The monoisotopic (exact) mass is 446 g/mol. The van der Waals surface area contributed by atoms with Crippen LogP contribution in [0.25, 0.3) is 0 Å². The van der Waals surface area contributed by atoms with E-state index in [4.69, 9.17) is 20.4 Å². The number of rotatable bonds is 22. The molecule has 1 atom stereocenters. The number of aliphatic carboxylic acids is 2. The average Bonchev–Trinajstić information content (AvgIpc) is 2.75. The van der Waals surface area contributed by atoms with Gasteiger partial charge in [0.15, 0.2) is 6.10 Å². The lowest BCUT2D eigenvalue weighted by molar-refractivity contribution is -0.148. The van der Waals surface area contributed by atoms with Crippen molar-refractivity contribution >= 4 is 11.9 Å². The third-order valence-corrected chi connectivity index (χ3v) is 5.45. The van der Waals surface area contributed by atoms with Crippen molar-refractivity contribution < 1.29 is 30.0 Å². The molecule has 0 spiro atoms. The lowest BCUT2D eigenvalue weighted by atomic mass is 10.0. The number of hydrogen-bond acceptors (Lipinski definition) is 4. The average molecular weight is 447 g/mol. The van der Waals surface area contributed by atoms with E-state index in [1.165, 1.54) is 109 Å². The van der Waals surface area contributed by atoms with E-state index in [2.05, 4.69) is 6.92 Å². The first-order valence-corrected chi connectivity index (χ1v) is 12.7. The number of aliphatic hydroxyl groups is 2. The Balaban J connectivity index is 0. The van der Waals surface area contributed by atoms with Gasteiger partial charge in [-0.3, -0.25) is 4.79 Å². The van der Waals surface area contributed by atoms with Crippen molar-refractivity contribution in [1.29, 1.82) is 0 Å². The van der Waals surface area contributed by atoms with Gasteiger partial charge in [0, 0.05) is 6.42 Å². The summed E-state index contributed by atoms with van der Waals surface area (Å²) in [6.07, 6.45) is 24.5. The zero-order chi connectivity index (χ0) is 23.6. The highest BCUT2D eigenvalue weighted by Gasteiger charge is 2.09. The van der Waals surface area contributed by atoms with Crippen molar-refractivity contribution in [3.63, 3.8) is 0 Å². The molecule has 0 radical (unpaired) electrons. The van der Waals surface area contributed by atoms with Crippen molar-refractivity contribution in [2.24, 2.45) is 0 Å². The highest BCUT2D eigenvalue weighted by Crippen LogP contribution is 2.14. The molecule has 186 valence electrons. The fraction of sp³-hybridized carbons (Fsp3) is 0.920. The summed E-state index contributed by atoms with van der Waals surface area (Å²) >= 11 is 0. The van der Waals surface area contributed by atoms with Crippen LogP contribution in [0.4, 0.5) is 0 Å². The molecule has 4 N–H and O–H groups in total. The van der Waals surface area contributed by atoms with Crippen LogP contribution in [0.3, 0.4) is 0 Å². The number of aliphatic hydroxyl groups excluding tert-OH is 2. The molecule has 6 heteroatoms. The fourth-order valence-corrected chi connectivity index (χ4v) is 3.43. The molecule has 1 unspecified atom stereocenters. The summed E-state index contributed by atoms with van der Waals surface area (Å²) in [6, 6.07) is 0. The fourth-order valence-electron chi connectivity index (χ4n) is 3.43. The summed E-state index contributed by atoms with van der Waals surface area (Å²) in [5.74, 6) is -2.05. The Morgan fingerprint density at radius 2 is 0.871 bits per heavy atom. The van der Waals surface area contributed by atoms with Gasteiger partial charge in [-0.1, -0.05) is 122 Å². The van der Waals surface area contributed by atoms with Gasteiger partial charge >= 0.3 is 11.9 Å². The summed E-state index contributed by atoms with van der Waals surface area (Å²) in [4.78, 5) is 19.9. The minimum absolute atomic E-state index is 0.346. The molecule has 0 aliphatic rings. The molecular weight excluding hydrogens is 396 g/mol. The zero-order valence-corrected chi connectivity index (χ0v) is 20.0. The van der Waals surface area contributed by atoms with Gasteiger partial charge < -0.3 is 20.4 Å². The SMILES string of the molecule is CCCCCCCCCCCCCCCCCCCCCC(=O)O.O=C(O)C(O)CO. The molecule has 0 amide bonds. The van der Waals surface area contributed by atoms with Crippen LogP contribution in [0.2, 0.25) is 0 Å².